The first-order valence-electron chi connectivity index (χ1n) is 8.56. The highest BCUT2D eigenvalue weighted by Gasteiger charge is 2.22. The number of benzene rings is 2. The Bertz CT molecular complexity index is 911. The summed E-state index contributed by atoms with van der Waals surface area (Å²) in [7, 11) is 0. The molecule has 2 aromatic rings. The van der Waals surface area contributed by atoms with Gasteiger partial charge < -0.3 is 19.8 Å². The molecule has 0 fully saturated rings. The summed E-state index contributed by atoms with van der Waals surface area (Å²) >= 11 is 3.41. The topological polar surface area (TPSA) is 65.3 Å². The first-order chi connectivity index (χ1) is 13.4. The molecule has 0 spiro atoms. The van der Waals surface area contributed by atoms with E-state index in [2.05, 4.69) is 20.9 Å². The Morgan fingerprint density at radius 3 is 2.39 bits per heavy atom. The van der Waals surface area contributed by atoms with Crippen LogP contribution < -0.4 is 4.90 Å². The van der Waals surface area contributed by atoms with Gasteiger partial charge in [-0.2, -0.15) is 0 Å². The Hall–Kier alpha value is -2.29. The molecule has 3 rings (SSSR count). The highest BCUT2D eigenvalue weighted by atomic mass is 79.9. The van der Waals surface area contributed by atoms with E-state index in [0.717, 1.165) is 11.8 Å². The van der Waals surface area contributed by atoms with Gasteiger partial charge in [0.05, 0.1) is 17.7 Å². The van der Waals surface area contributed by atoms with E-state index in [-0.39, 0.29) is 31.5 Å². The Morgan fingerprint density at radius 2 is 1.79 bits per heavy atom. The van der Waals surface area contributed by atoms with Crippen molar-refractivity contribution in [1.82, 2.24) is 0 Å². The van der Waals surface area contributed by atoms with Gasteiger partial charge in [-0.15, -0.1) is 0 Å². The van der Waals surface area contributed by atoms with E-state index < -0.39 is 11.6 Å². The maximum absolute atomic E-state index is 13.8. The van der Waals surface area contributed by atoms with E-state index in [9.17, 15) is 19.0 Å². The maximum atomic E-state index is 13.8. The minimum atomic E-state index is -0.677. The molecule has 1 heterocycles. The van der Waals surface area contributed by atoms with Gasteiger partial charge in [-0.05, 0) is 58.2 Å². The first kappa shape index (κ1) is 20.4. The van der Waals surface area contributed by atoms with Crippen LogP contribution in [0.2, 0.25) is 0 Å². The van der Waals surface area contributed by atoms with Crippen molar-refractivity contribution in [3.05, 3.63) is 75.4 Å². The lowest BCUT2D eigenvalue weighted by atomic mass is 10.1. The summed E-state index contributed by atoms with van der Waals surface area (Å²) in [5.74, 6) is -1.02. The van der Waals surface area contributed by atoms with Crippen LogP contribution in [-0.2, 0) is 24.6 Å². The summed E-state index contributed by atoms with van der Waals surface area (Å²) in [5, 5.41) is 18.9. The standard InChI is InChI=1S/C20H19BrF2N2O3/c1-12-24-20(28-11-15-2-3-16(22)7-19(15)23)18(21)8-25(12)17-5-13(9-26)4-14(6-17)10-27/h2-8,12,26-27H,9-11H2,1H3. The fourth-order valence-electron chi connectivity index (χ4n) is 2.83. The molecule has 0 saturated heterocycles. The first-order valence-corrected chi connectivity index (χ1v) is 9.35. The van der Waals surface area contributed by atoms with E-state index in [4.69, 9.17) is 4.74 Å². The number of ether oxygens (including phenoxy) is 1. The average Bonchev–Trinajstić information content (AvgIpc) is 2.68. The molecular weight excluding hydrogens is 434 g/mol. The van der Waals surface area contributed by atoms with Gasteiger partial charge in [0.25, 0.3) is 0 Å². The van der Waals surface area contributed by atoms with Crippen LogP contribution in [0.1, 0.15) is 23.6 Å². The van der Waals surface area contributed by atoms with Crippen molar-refractivity contribution in [2.24, 2.45) is 4.99 Å². The lowest BCUT2D eigenvalue weighted by Gasteiger charge is -2.30. The largest absolute Gasteiger partial charge is 0.472 e. The molecule has 8 heteroatoms. The predicted octanol–water partition coefficient (Wildman–Crippen LogP) is 3.97. The summed E-state index contributed by atoms with van der Waals surface area (Å²) in [4.78, 5) is 6.33. The number of aliphatic hydroxyl groups is 2. The van der Waals surface area contributed by atoms with E-state index in [1.807, 2.05) is 24.0 Å². The van der Waals surface area contributed by atoms with E-state index in [0.29, 0.717) is 21.5 Å². The fraction of sp³-hybridized carbons (Fsp3) is 0.250. The van der Waals surface area contributed by atoms with Gasteiger partial charge in [0, 0.05) is 23.5 Å². The lowest BCUT2D eigenvalue weighted by Crippen LogP contribution is -2.32. The van der Waals surface area contributed by atoms with Crippen LogP contribution in [0.15, 0.2) is 52.1 Å². The van der Waals surface area contributed by atoms with Crippen LogP contribution in [0.4, 0.5) is 14.5 Å². The molecule has 0 saturated carbocycles. The second-order valence-electron chi connectivity index (χ2n) is 6.30. The smallest absolute Gasteiger partial charge is 0.227 e. The molecule has 148 valence electrons. The van der Waals surface area contributed by atoms with Gasteiger partial charge in [-0.1, -0.05) is 6.07 Å². The molecule has 1 aliphatic heterocycles. The van der Waals surface area contributed by atoms with Gasteiger partial charge in [-0.3, -0.25) is 0 Å². The summed E-state index contributed by atoms with van der Waals surface area (Å²) in [6.45, 7) is 1.47. The number of rotatable bonds is 5. The fourth-order valence-corrected chi connectivity index (χ4v) is 3.27. The normalized spacial score (nSPS) is 16.6. The maximum Gasteiger partial charge on any atom is 0.227 e. The minimum Gasteiger partial charge on any atom is -0.472 e. The zero-order valence-corrected chi connectivity index (χ0v) is 16.7. The molecule has 0 amide bonds. The van der Waals surface area contributed by atoms with Crippen LogP contribution >= 0.6 is 15.9 Å². The molecule has 0 bridgehead atoms. The third kappa shape index (κ3) is 4.57. The van der Waals surface area contributed by atoms with Gasteiger partial charge >= 0.3 is 0 Å². The molecule has 0 radical (unpaired) electrons. The predicted molar refractivity (Wildman–Crippen MR) is 106 cm³/mol. The molecule has 2 aromatic carbocycles. The summed E-state index contributed by atoms with van der Waals surface area (Å²) in [6, 6.07) is 8.66. The van der Waals surface area contributed by atoms with Crippen LogP contribution in [0.5, 0.6) is 0 Å². The Kier molecular flexibility index (Phi) is 6.43. The Balaban J connectivity index is 1.78. The second-order valence-corrected chi connectivity index (χ2v) is 7.15. The number of hydrogen-bond donors (Lipinski definition) is 2. The average molecular weight is 453 g/mol. The van der Waals surface area contributed by atoms with Crippen molar-refractivity contribution in [1.29, 1.82) is 0 Å². The molecule has 1 aliphatic rings. The monoisotopic (exact) mass is 452 g/mol. The van der Waals surface area contributed by atoms with Crippen molar-refractivity contribution < 1.29 is 23.7 Å². The number of aliphatic imine (C=N–C) groups is 1. The molecule has 0 aromatic heterocycles. The third-order valence-corrected chi connectivity index (χ3v) is 4.79. The van der Waals surface area contributed by atoms with Crippen molar-refractivity contribution in [3.63, 3.8) is 0 Å². The van der Waals surface area contributed by atoms with E-state index in [1.165, 1.54) is 12.1 Å². The second kappa shape index (κ2) is 8.81. The molecule has 1 atom stereocenters. The molecule has 0 aliphatic carbocycles. The Labute approximate surface area is 169 Å². The van der Waals surface area contributed by atoms with Crippen molar-refractivity contribution >= 4 is 27.5 Å². The lowest BCUT2D eigenvalue weighted by molar-refractivity contribution is 0.275. The number of hydrogen-bond acceptors (Lipinski definition) is 5. The SMILES string of the molecule is CC1N=C(OCc2ccc(F)cc2F)C(Br)=CN1c1cc(CO)cc(CO)c1. The zero-order valence-electron chi connectivity index (χ0n) is 15.1. The number of halogens is 3. The summed E-state index contributed by atoms with van der Waals surface area (Å²) in [5.41, 5.74) is 2.34. The highest BCUT2D eigenvalue weighted by Crippen LogP contribution is 2.28. The number of nitrogens with zero attached hydrogens (tertiary/aromatic N) is 2. The summed E-state index contributed by atoms with van der Waals surface area (Å²) < 4.78 is 32.9. The molecular formula is C20H19BrF2N2O3. The van der Waals surface area contributed by atoms with Crippen LogP contribution in [0, 0.1) is 11.6 Å². The van der Waals surface area contributed by atoms with Crippen molar-refractivity contribution in [3.8, 4) is 0 Å². The van der Waals surface area contributed by atoms with Gasteiger partial charge in [-0.25, -0.2) is 13.8 Å². The molecule has 28 heavy (non-hydrogen) atoms. The quantitative estimate of drug-likeness (QED) is 0.720. The molecule has 1 unspecified atom stereocenters. The number of aliphatic hydroxyl groups excluding tert-OH is 2. The van der Waals surface area contributed by atoms with E-state index >= 15 is 0 Å². The van der Waals surface area contributed by atoms with Crippen LogP contribution in [0.25, 0.3) is 0 Å². The summed E-state index contributed by atoms with van der Waals surface area (Å²) in [6.07, 6.45) is 1.43. The number of anilines is 1. The van der Waals surface area contributed by atoms with Gasteiger partial charge in [0.15, 0.2) is 0 Å². The Morgan fingerprint density at radius 1 is 1.11 bits per heavy atom. The van der Waals surface area contributed by atoms with Crippen molar-refractivity contribution in [2.75, 3.05) is 4.90 Å². The van der Waals surface area contributed by atoms with Crippen LogP contribution in [-0.4, -0.2) is 22.3 Å². The third-order valence-electron chi connectivity index (χ3n) is 4.24. The van der Waals surface area contributed by atoms with Crippen molar-refractivity contribution in [2.45, 2.75) is 32.9 Å². The van der Waals surface area contributed by atoms with Crippen LogP contribution in [0.3, 0.4) is 0 Å². The van der Waals surface area contributed by atoms with Gasteiger partial charge in [0.1, 0.15) is 24.4 Å². The molecule has 2 N–H and O–H groups in total. The van der Waals surface area contributed by atoms with Gasteiger partial charge in [0.2, 0.25) is 5.90 Å². The zero-order chi connectivity index (χ0) is 20.3. The molecule has 5 nitrogen and oxygen atoms in total. The highest BCUT2D eigenvalue weighted by molar-refractivity contribution is 9.12. The van der Waals surface area contributed by atoms with E-state index in [1.54, 1.807) is 12.3 Å². The minimum absolute atomic E-state index is 0.0880.